The third-order valence-corrected chi connectivity index (χ3v) is 4.01. The number of benzene rings is 3. The van der Waals surface area contributed by atoms with Crippen molar-refractivity contribution < 1.29 is 14.3 Å². The molecule has 0 radical (unpaired) electrons. The number of rotatable bonds is 5. The maximum atomic E-state index is 12.5. The number of amides is 2. The van der Waals surface area contributed by atoms with E-state index in [0.717, 1.165) is 11.3 Å². The van der Waals surface area contributed by atoms with Crippen LogP contribution in [0.2, 0.25) is 0 Å². The van der Waals surface area contributed by atoms with Gasteiger partial charge in [-0.2, -0.15) is 0 Å². The van der Waals surface area contributed by atoms with Crippen LogP contribution in [-0.2, 0) is 0 Å². The van der Waals surface area contributed by atoms with Gasteiger partial charge in [-0.3, -0.25) is 9.59 Å². The van der Waals surface area contributed by atoms with Crippen LogP contribution in [0.3, 0.4) is 0 Å². The fourth-order valence-electron chi connectivity index (χ4n) is 2.69. The molecule has 3 aromatic carbocycles. The Bertz CT molecular complexity index is 983. The van der Waals surface area contributed by atoms with Crippen LogP contribution in [0.15, 0.2) is 72.8 Å². The summed E-state index contributed by atoms with van der Waals surface area (Å²) >= 11 is 0. The summed E-state index contributed by atoms with van der Waals surface area (Å²) in [6, 6.07) is 21.3. The molecule has 136 valence electrons. The molecule has 0 saturated carbocycles. The first-order valence-electron chi connectivity index (χ1n) is 8.49. The zero-order chi connectivity index (χ0) is 19.2. The van der Waals surface area contributed by atoms with E-state index < -0.39 is 0 Å². The number of nitrogens with one attached hydrogen (secondary N) is 2. The second kappa shape index (κ2) is 8.19. The van der Waals surface area contributed by atoms with E-state index >= 15 is 0 Å². The zero-order valence-corrected chi connectivity index (χ0v) is 15.2. The van der Waals surface area contributed by atoms with Crippen molar-refractivity contribution in [2.24, 2.45) is 0 Å². The minimum absolute atomic E-state index is 0.242. The standard InChI is InChI=1S/C22H20N2O3/c1-15-7-5-9-17(13-15)23-21(25)16-8-6-10-18(14-16)24-22(26)19-11-3-4-12-20(19)27-2/h3-14H,1-2H3,(H,23,25)(H,24,26). The Morgan fingerprint density at radius 3 is 2.19 bits per heavy atom. The maximum absolute atomic E-state index is 12.5. The summed E-state index contributed by atoms with van der Waals surface area (Å²) < 4.78 is 5.22. The Hall–Kier alpha value is -3.60. The summed E-state index contributed by atoms with van der Waals surface area (Å²) in [5.74, 6) is -0.0546. The van der Waals surface area contributed by atoms with Gasteiger partial charge in [-0.1, -0.05) is 30.3 Å². The van der Waals surface area contributed by atoms with Crippen LogP contribution >= 0.6 is 0 Å². The molecule has 0 heterocycles. The van der Waals surface area contributed by atoms with Gasteiger partial charge < -0.3 is 15.4 Å². The molecule has 0 aliphatic rings. The van der Waals surface area contributed by atoms with Crippen molar-refractivity contribution in [2.75, 3.05) is 17.7 Å². The lowest BCUT2D eigenvalue weighted by Gasteiger charge is -2.10. The number of carbonyl (C=O) groups excluding carboxylic acids is 2. The molecule has 5 nitrogen and oxygen atoms in total. The van der Waals surface area contributed by atoms with Gasteiger partial charge in [0.25, 0.3) is 11.8 Å². The van der Waals surface area contributed by atoms with Gasteiger partial charge in [0.05, 0.1) is 12.7 Å². The van der Waals surface area contributed by atoms with E-state index in [0.29, 0.717) is 22.6 Å². The average molecular weight is 360 g/mol. The van der Waals surface area contributed by atoms with Crippen molar-refractivity contribution in [3.63, 3.8) is 0 Å². The molecule has 2 amide bonds. The van der Waals surface area contributed by atoms with Crippen LogP contribution < -0.4 is 15.4 Å². The minimum Gasteiger partial charge on any atom is -0.496 e. The van der Waals surface area contributed by atoms with Gasteiger partial charge in [0.1, 0.15) is 5.75 Å². The molecule has 0 unspecified atom stereocenters. The van der Waals surface area contributed by atoms with Crippen molar-refractivity contribution in [3.05, 3.63) is 89.5 Å². The van der Waals surface area contributed by atoms with Crippen molar-refractivity contribution in [1.29, 1.82) is 0 Å². The highest BCUT2D eigenvalue weighted by molar-refractivity contribution is 6.08. The topological polar surface area (TPSA) is 67.4 Å². The lowest BCUT2D eigenvalue weighted by Crippen LogP contribution is -2.15. The maximum Gasteiger partial charge on any atom is 0.259 e. The first-order chi connectivity index (χ1) is 13.1. The second-order valence-electron chi connectivity index (χ2n) is 6.06. The van der Waals surface area contributed by atoms with E-state index in [1.807, 2.05) is 31.2 Å². The molecule has 0 fully saturated rings. The fourth-order valence-corrected chi connectivity index (χ4v) is 2.69. The summed E-state index contributed by atoms with van der Waals surface area (Å²) in [6.07, 6.45) is 0. The molecular formula is C22H20N2O3. The highest BCUT2D eigenvalue weighted by Crippen LogP contribution is 2.20. The van der Waals surface area contributed by atoms with Gasteiger partial charge in [-0.15, -0.1) is 0 Å². The Balaban J connectivity index is 1.75. The van der Waals surface area contributed by atoms with Gasteiger partial charge in [-0.05, 0) is 55.0 Å². The van der Waals surface area contributed by atoms with Gasteiger partial charge >= 0.3 is 0 Å². The van der Waals surface area contributed by atoms with Crippen LogP contribution in [0.4, 0.5) is 11.4 Å². The second-order valence-corrected chi connectivity index (χ2v) is 6.06. The van der Waals surface area contributed by atoms with Gasteiger partial charge in [0.2, 0.25) is 0 Å². The van der Waals surface area contributed by atoms with Crippen molar-refractivity contribution in [1.82, 2.24) is 0 Å². The Morgan fingerprint density at radius 2 is 1.44 bits per heavy atom. The highest BCUT2D eigenvalue weighted by Gasteiger charge is 2.13. The van der Waals surface area contributed by atoms with Crippen LogP contribution in [0.25, 0.3) is 0 Å². The van der Waals surface area contributed by atoms with Crippen LogP contribution in [0.5, 0.6) is 5.75 Å². The molecule has 27 heavy (non-hydrogen) atoms. The number of hydrogen-bond donors (Lipinski definition) is 2. The van der Waals surface area contributed by atoms with Gasteiger partial charge in [0.15, 0.2) is 0 Å². The van der Waals surface area contributed by atoms with E-state index in [4.69, 9.17) is 4.74 Å². The summed E-state index contributed by atoms with van der Waals surface area (Å²) in [6.45, 7) is 1.96. The van der Waals surface area contributed by atoms with Crippen molar-refractivity contribution >= 4 is 23.2 Å². The molecule has 0 aromatic heterocycles. The summed E-state index contributed by atoms with van der Waals surface area (Å²) in [5.41, 5.74) is 3.20. The average Bonchev–Trinajstić information content (AvgIpc) is 2.68. The van der Waals surface area contributed by atoms with Crippen molar-refractivity contribution in [2.45, 2.75) is 6.92 Å². The molecule has 3 rings (SSSR count). The Morgan fingerprint density at radius 1 is 0.778 bits per heavy atom. The normalized spacial score (nSPS) is 10.1. The third-order valence-electron chi connectivity index (χ3n) is 4.01. The molecule has 3 aromatic rings. The fraction of sp³-hybridized carbons (Fsp3) is 0.0909. The van der Waals surface area contributed by atoms with Crippen LogP contribution in [0, 0.1) is 6.92 Å². The molecule has 0 saturated heterocycles. The molecule has 0 spiro atoms. The molecule has 5 heteroatoms. The van der Waals surface area contributed by atoms with Gasteiger partial charge in [-0.25, -0.2) is 0 Å². The zero-order valence-electron chi connectivity index (χ0n) is 15.2. The number of ether oxygens (including phenoxy) is 1. The smallest absolute Gasteiger partial charge is 0.259 e. The number of methoxy groups -OCH3 is 1. The highest BCUT2D eigenvalue weighted by atomic mass is 16.5. The monoisotopic (exact) mass is 360 g/mol. The predicted octanol–water partition coefficient (Wildman–Crippen LogP) is 4.51. The number of aryl methyl sites for hydroxylation is 1. The first kappa shape index (κ1) is 18.2. The van der Waals surface area contributed by atoms with E-state index in [9.17, 15) is 9.59 Å². The summed E-state index contributed by atoms with van der Waals surface area (Å²) in [7, 11) is 1.52. The molecule has 0 bridgehead atoms. The summed E-state index contributed by atoms with van der Waals surface area (Å²) in [4.78, 5) is 25.0. The summed E-state index contributed by atoms with van der Waals surface area (Å²) in [5, 5.41) is 5.66. The molecule has 2 N–H and O–H groups in total. The van der Waals surface area contributed by atoms with E-state index in [1.54, 1.807) is 48.5 Å². The van der Waals surface area contributed by atoms with Crippen molar-refractivity contribution in [3.8, 4) is 5.75 Å². The number of hydrogen-bond acceptors (Lipinski definition) is 3. The van der Waals surface area contributed by atoms with E-state index in [2.05, 4.69) is 10.6 Å². The quantitative estimate of drug-likeness (QED) is 0.703. The SMILES string of the molecule is COc1ccccc1C(=O)Nc1cccc(C(=O)Nc2cccc(C)c2)c1. The number of carbonyl (C=O) groups is 2. The lowest BCUT2D eigenvalue weighted by atomic mass is 10.1. The van der Waals surface area contributed by atoms with Crippen LogP contribution in [0.1, 0.15) is 26.3 Å². The third kappa shape index (κ3) is 4.52. The van der Waals surface area contributed by atoms with E-state index in [-0.39, 0.29) is 11.8 Å². The lowest BCUT2D eigenvalue weighted by molar-refractivity contribution is 0.101. The number of anilines is 2. The Labute approximate surface area is 158 Å². The molecular weight excluding hydrogens is 340 g/mol. The molecule has 0 aliphatic carbocycles. The van der Waals surface area contributed by atoms with E-state index in [1.165, 1.54) is 7.11 Å². The first-order valence-corrected chi connectivity index (χ1v) is 8.49. The molecule has 0 aliphatic heterocycles. The van der Waals surface area contributed by atoms with Gasteiger partial charge in [0, 0.05) is 16.9 Å². The number of para-hydroxylation sites is 1. The predicted molar refractivity (Wildman–Crippen MR) is 107 cm³/mol. The Kier molecular flexibility index (Phi) is 5.52. The molecule has 0 atom stereocenters. The largest absolute Gasteiger partial charge is 0.496 e. The van der Waals surface area contributed by atoms with Crippen LogP contribution in [-0.4, -0.2) is 18.9 Å². The minimum atomic E-state index is -0.302.